The first-order valence-corrected chi connectivity index (χ1v) is 10.8. The van der Waals surface area contributed by atoms with Crippen LogP contribution in [0.5, 0.6) is 0 Å². The van der Waals surface area contributed by atoms with E-state index >= 15 is 0 Å². The first-order chi connectivity index (χ1) is 16.0. The van der Waals surface area contributed by atoms with Crippen molar-refractivity contribution >= 4 is 23.4 Å². The van der Waals surface area contributed by atoms with Crippen LogP contribution in [0.25, 0.3) is 0 Å². The molecular formula is C25H24FN3O4. The number of anilines is 1. The van der Waals surface area contributed by atoms with Crippen molar-refractivity contribution in [2.24, 2.45) is 0 Å². The van der Waals surface area contributed by atoms with Crippen molar-refractivity contribution in [3.63, 3.8) is 0 Å². The Morgan fingerprint density at radius 2 is 1.85 bits per heavy atom. The minimum absolute atomic E-state index is 0.0800. The summed E-state index contributed by atoms with van der Waals surface area (Å²) >= 11 is 0. The van der Waals surface area contributed by atoms with Crippen molar-refractivity contribution in [2.75, 3.05) is 11.9 Å². The van der Waals surface area contributed by atoms with Crippen LogP contribution in [0.15, 0.2) is 71.3 Å². The van der Waals surface area contributed by atoms with E-state index in [1.54, 1.807) is 48.7 Å². The number of benzene rings is 2. The van der Waals surface area contributed by atoms with E-state index < -0.39 is 6.04 Å². The molecule has 0 aliphatic carbocycles. The van der Waals surface area contributed by atoms with Crippen LogP contribution in [0.4, 0.5) is 10.1 Å². The monoisotopic (exact) mass is 449 g/mol. The highest BCUT2D eigenvalue weighted by atomic mass is 19.1. The van der Waals surface area contributed by atoms with Gasteiger partial charge in [0.25, 0.3) is 5.91 Å². The Morgan fingerprint density at radius 1 is 1.06 bits per heavy atom. The highest BCUT2D eigenvalue weighted by Gasteiger charge is 2.28. The molecule has 0 bridgehead atoms. The summed E-state index contributed by atoms with van der Waals surface area (Å²) in [6.07, 6.45) is 2.39. The molecule has 170 valence electrons. The second kappa shape index (κ2) is 10.1. The largest absolute Gasteiger partial charge is 0.469 e. The number of carbonyl (C=O) groups is 3. The molecule has 0 spiro atoms. The Kier molecular flexibility index (Phi) is 6.83. The van der Waals surface area contributed by atoms with Crippen LogP contribution in [-0.4, -0.2) is 30.3 Å². The number of para-hydroxylation sites is 1. The summed E-state index contributed by atoms with van der Waals surface area (Å²) in [4.78, 5) is 37.2. The molecule has 0 radical (unpaired) electrons. The first kappa shape index (κ1) is 22.3. The lowest BCUT2D eigenvalue weighted by atomic mass is 9.93. The normalized spacial score (nSPS) is 16.2. The predicted molar refractivity (Wildman–Crippen MR) is 120 cm³/mol. The molecule has 2 aromatic carbocycles. The summed E-state index contributed by atoms with van der Waals surface area (Å²) in [5, 5.41) is 8.27. The molecule has 2 atom stereocenters. The van der Waals surface area contributed by atoms with Crippen molar-refractivity contribution in [2.45, 2.75) is 31.2 Å². The minimum Gasteiger partial charge on any atom is -0.469 e. The number of nitrogens with one attached hydrogen (secondary N) is 3. The number of furan rings is 1. The Balaban J connectivity index is 1.29. The maximum absolute atomic E-state index is 13.3. The van der Waals surface area contributed by atoms with Crippen molar-refractivity contribution in [3.8, 4) is 0 Å². The van der Waals surface area contributed by atoms with Gasteiger partial charge >= 0.3 is 0 Å². The fourth-order valence-corrected chi connectivity index (χ4v) is 3.89. The molecule has 0 unspecified atom stereocenters. The average Bonchev–Trinajstić information content (AvgIpc) is 3.31. The number of carbonyl (C=O) groups excluding carboxylic acids is 3. The van der Waals surface area contributed by atoms with Gasteiger partial charge in [0, 0.05) is 18.9 Å². The van der Waals surface area contributed by atoms with Crippen molar-refractivity contribution in [3.05, 3.63) is 89.6 Å². The van der Waals surface area contributed by atoms with Gasteiger partial charge in [0.05, 0.1) is 17.5 Å². The number of halogens is 1. The second-order valence-electron chi connectivity index (χ2n) is 7.86. The van der Waals surface area contributed by atoms with Gasteiger partial charge in [0.15, 0.2) is 0 Å². The molecule has 1 aliphatic heterocycles. The number of hydrogen-bond donors (Lipinski definition) is 3. The number of fused-ring (bicyclic) bond motifs is 1. The molecule has 3 amide bonds. The number of hydrogen-bond acceptors (Lipinski definition) is 4. The summed E-state index contributed by atoms with van der Waals surface area (Å²) in [7, 11) is 0. The van der Waals surface area contributed by atoms with Crippen molar-refractivity contribution in [1.82, 2.24) is 10.6 Å². The van der Waals surface area contributed by atoms with E-state index in [9.17, 15) is 18.8 Å². The first-order valence-electron chi connectivity index (χ1n) is 10.8. The van der Waals surface area contributed by atoms with Crippen LogP contribution >= 0.6 is 0 Å². The Bertz CT molecular complexity index is 1130. The van der Waals surface area contributed by atoms with E-state index in [1.165, 1.54) is 12.1 Å². The fraction of sp³-hybridized carbons (Fsp3) is 0.240. The zero-order chi connectivity index (χ0) is 23.2. The smallest absolute Gasteiger partial charge is 0.254 e. The lowest BCUT2D eigenvalue weighted by Gasteiger charge is -2.17. The third-order valence-corrected chi connectivity index (χ3v) is 5.63. The van der Waals surface area contributed by atoms with Crippen LogP contribution in [0, 0.1) is 5.82 Å². The van der Waals surface area contributed by atoms with Gasteiger partial charge in [0.1, 0.15) is 17.6 Å². The van der Waals surface area contributed by atoms with E-state index in [1.807, 2.05) is 6.07 Å². The lowest BCUT2D eigenvalue weighted by Crippen LogP contribution is -2.42. The molecule has 2 heterocycles. The summed E-state index contributed by atoms with van der Waals surface area (Å²) in [6.45, 7) is 0.371. The van der Waals surface area contributed by atoms with Gasteiger partial charge in [-0.25, -0.2) is 4.39 Å². The Labute approximate surface area is 190 Å². The zero-order valence-electron chi connectivity index (χ0n) is 17.8. The van der Waals surface area contributed by atoms with Gasteiger partial charge in [-0.05, 0) is 54.8 Å². The van der Waals surface area contributed by atoms with Gasteiger partial charge in [0.2, 0.25) is 11.8 Å². The van der Waals surface area contributed by atoms with Crippen molar-refractivity contribution < 1.29 is 23.2 Å². The second-order valence-corrected chi connectivity index (χ2v) is 7.86. The molecule has 3 aromatic rings. The number of rotatable bonds is 8. The molecular weight excluding hydrogens is 425 g/mol. The molecule has 1 aliphatic rings. The van der Waals surface area contributed by atoms with Gasteiger partial charge in [-0.1, -0.05) is 24.3 Å². The van der Waals surface area contributed by atoms with Crippen LogP contribution in [0.2, 0.25) is 0 Å². The quantitative estimate of drug-likeness (QED) is 0.489. The molecule has 0 saturated carbocycles. The maximum atomic E-state index is 13.3. The van der Waals surface area contributed by atoms with E-state index in [0.717, 1.165) is 11.3 Å². The molecule has 33 heavy (non-hydrogen) atoms. The standard InChI is InChI=1S/C25H24FN3O4/c26-17-9-7-16(8-10-17)18(22-6-3-15-33-22)13-14-27-23(30)12-11-21-25(32)28-20-5-2-1-4-19(20)24(31)29-21/h1-10,15,18,21H,11-14H2,(H,27,30)(H,28,32)(H,29,31)/t18-,21+/m0/s1. The van der Waals surface area contributed by atoms with Crippen LogP contribution in [0.3, 0.4) is 0 Å². The molecule has 7 nitrogen and oxygen atoms in total. The van der Waals surface area contributed by atoms with E-state index in [4.69, 9.17) is 4.42 Å². The molecule has 0 fully saturated rings. The summed E-state index contributed by atoms with van der Waals surface area (Å²) < 4.78 is 18.8. The van der Waals surface area contributed by atoms with E-state index in [0.29, 0.717) is 24.2 Å². The van der Waals surface area contributed by atoms with Gasteiger partial charge in [-0.2, -0.15) is 0 Å². The summed E-state index contributed by atoms with van der Waals surface area (Å²) in [6, 6.07) is 15.8. The topological polar surface area (TPSA) is 100 Å². The zero-order valence-corrected chi connectivity index (χ0v) is 17.8. The minimum atomic E-state index is -0.800. The molecule has 0 saturated heterocycles. The average molecular weight is 449 g/mol. The van der Waals surface area contributed by atoms with Crippen LogP contribution < -0.4 is 16.0 Å². The molecule has 3 N–H and O–H groups in total. The van der Waals surface area contributed by atoms with Gasteiger partial charge in [-0.3, -0.25) is 14.4 Å². The SMILES string of the molecule is O=C(CC[C@H]1NC(=O)c2ccccc2NC1=O)NCC[C@@H](c1ccc(F)cc1)c1ccco1. The number of amides is 3. The third-order valence-electron chi connectivity index (χ3n) is 5.63. The Hall–Kier alpha value is -3.94. The highest BCUT2D eigenvalue weighted by Crippen LogP contribution is 2.28. The van der Waals surface area contributed by atoms with E-state index in [2.05, 4.69) is 16.0 Å². The third kappa shape index (κ3) is 5.46. The van der Waals surface area contributed by atoms with Crippen LogP contribution in [0.1, 0.15) is 46.9 Å². The van der Waals surface area contributed by atoms with Gasteiger partial charge in [-0.15, -0.1) is 0 Å². The van der Waals surface area contributed by atoms with Crippen LogP contribution in [-0.2, 0) is 9.59 Å². The fourth-order valence-electron chi connectivity index (χ4n) is 3.89. The van der Waals surface area contributed by atoms with E-state index in [-0.39, 0.29) is 42.3 Å². The summed E-state index contributed by atoms with van der Waals surface area (Å²) in [5.74, 6) is -0.649. The maximum Gasteiger partial charge on any atom is 0.254 e. The molecule has 8 heteroatoms. The molecule has 1 aromatic heterocycles. The lowest BCUT2D eigenvalue weighted by molar-refractivity contribution is -0.121. The Morgan fingerprint density at radius 3 is 2.61 bits per heavy atom. The summed E-state index contributed by atoms with van der Waals surface area (Å²) in [5.41, 5.74) is 1.73. The van der Waals surface area contributed by atoms with Crippen molar-refractivity contribution in [1.29, 1.82) is 0 Å². The van der Waals surface area contributed by atoms with Gasteiger partial charge < -0.3 is 20.4 Å². The highest BCUT2D eigenvalue weighted by molar-refractivity contribution is 6.09. The predicted octanol–water partition coefficient (Wildman–Crippen LogP) is 3.59. The molecule has 4 rings (SSSR count).